The Hall–Kier alpha value is -1.79. The Kier molecular flexibility index (Phi) is 5.03. The van der Waals surface area contributed by atoms with Crippen LogP contribution in [-0.4, -0.2) is 59.7 Å². The van der Waals surface area contributed by atoms with E-state index in [4.69, 9.17) is 9.51 Å². The molecule has 3 heterocycles. The molecule has 1 spiro atoms. The van der Waals surface area contributed by atoms with Gasteiger partial charge in [-0.3, -0.25) is 0 Å². The van der Waals surface area contributed by atoms with E-state index in [-0.39, 0.29) is 17.2 Å². The summed E-state index contributed by atoms with van der Waals surface area (Å²) < 4.78 is 18.9. The predicted molar refractivity (Wildman–Crippen MR) is 103 cm³/mol. The number of aromatic nitrogens is 2. The summed E-state index contributed by atoms with van der Waals surface area (Å²) in [4.78, 5) is 9.71. The molecule has 2 fully saturated rings. The second-order valence-electron chi connectivity index (χ2n) is 8.78. The molecule has 0 saturated carbocycles. The molecule has 2 aromatic rings. The third-order valence-electron chi connectivity index (χ3n) is 6.16. The minimum Gasteiger partial charge on any atom is -0.339 e. The fourth-order valence-electron chi connectivity index (χ4n) is 4.64. The Bertz CT molecular complexity index is 775. The Labute approximate surface area is 160 Å². The van der Waals surface area contributed by atoms with E-state index in [1.807, 2.05) is 0 Å². The molecule has 27 heavy (non-hydrogen) atoms. The van der Waals surface area contributed by atoms with Gasteiger partial charge < -0.3 is 14.3 Å². The van der Waals surface area contributed by atoms with Crippen LogP contribution in [0.1, 0.15) is 38.5 Å². The normalized spacial score (nSPS) is 26.6. The molecule has 0 bridgehead atoms. The highest BCUT2D eigenvalue weighted by atomic mass is 19.1. The van der Waals surface area contributed by atoms with Crippen molar-refractivity contribution in [2.45, 2.75) is 32.6 Å². The lowest BCUT2D eigenvalue weighted by molar-refractivity contribution is 0.222. The summed E-state index contributed by atoms with van der Waals surface area (Å²) in [6.45, 7) is 9.95. The van der Waals surface area contributed by atoms with Gasteiger partial charge in [0.1, 0.15) is 5.82 Å². The van der Waals surface area contributed by atoms with Crippen molar-refractivity contribution in [1.29, 1.82) is 0 Å². The third-order valence-corrected chi connectivity index (χ3v) is 6.16. The maximum atomic E-state index is 13.2. The van der Waals surface area contributed by atoms with Crippen LogP contribution in [-0.2, 0) is 0 Å². The summed E-state index contributed by atoms with van der Waals surface area (Å²) in [7, 11) is 2.19. The van der Waals surface area contributed by atoms with Gasteiger partial charge in [-0.2, -0.15) is 4.98 Å². The standard InChI is InChI=1S/C21H29FN4O/c1-15(2)8-10-26-12-18(21(14-26)9-11-25(3)13-21)20-23-19(24-27-20)16-4-6-17(22)7-5-16/h4-7,15,18H,8-14H2,1-3H3/t18-,21-/m0/s1. The van der Waals surface area contributed by atoms with Gasteiger partial charge in [-0.15, -0.1) is 0 Å². The Morgan fingerprint density at radius 1 is 1.26 bits per heavy atom. The summed E-state index contributed by atoms with van der Waals surface area (Å²) in [6.07, 6.45) is 2.38. The smallest absolute Gasteiger partial charge is 0.232 e. The van der Waals surface area contributed by atoms with Crippen LogP contribution in [0, 0.1) is 17.2 Å². The number of benzene rings is 1. The molecule has 0 aliphatic carbocycles. The number of nitrogens with zero attached hydrogens (tertiary/aromatic N) is 4. The lowest BCUT2D eigenvalue weighted by atomic mass is 9.77. The Morgan fingerprint density at radius 2 is 2.04 bits per heavy atom. The Morgan fingerprint density at radius 3 is 2.70 bits per heavy atom. The first-order valence-electron chi connectivity index (χ1n) is 9.96. The molecule has 2 atom stereocenters. The molecule has 2 aliphatic heterocycles. The number of hydrogen-bond donors (Lipinski definition) is 0. The van der Waals surface area contributed by atoms with Crippen LogP contribution in [0.5, 0.6) is 0 Å². The van der Waals surface area contributed by atoms with Gasteiger partial charge in [0.25, 0.3) is 0 Å². The van der Waals surface area contributed by atoms with Crippen LogP contribution in [0.2, 0.25) is 0 Å². The molecule has 5 nitrogen and oxygen atoms in total. The van der Waals surface area contributed by atoms with E-state index >= 15 is 0 Å². The van der Waals surface area contributed by atoms with Gasteiger partial charge in [-0.1, -0.05) is 19.0 Å². The van der Waals surface area contributed by atoms with Crippen molar-refractivity contribution in [3.8, 4) is 11.4 Å². The van der Waals surface area contributed by atoms with Crippen LogP contribution in [0.15, 0.2) is 28.8 Å². The topological polar surface area (TPSA) is 45.4 Å². The molecule has 0 unspecified atom stereocenters. The van der Waals surface area contributed by atoms with Crippen molar-refractivity contribution >= 4 is 0 Å². The van der Waals surface area contributed by atoms with Gasteiger partial charge >= 0.3 is 0 Å². The second-order valence-corrected chi connectivity index (χ2v) is 8.78. The second kappa shape index (κ2) is 7.32. The highest BCUT2D eigenvalue weighted by molar-refractivity contribution is 5.53. The van der Waals surface area contributed by atoms with Crippen molar-refractivity contribution in [3.63, 3.8) is 0 Å². The van der Waals surface area contributed by atoms with E-state index in [1.54, 1.807) is 12.1 Å². The summed E-state index contributed by atoms with van der Waals surface area (Å²) in [5, 5.41) is 4.19. The molecule has 6 heteroatoms. The van der Waals surface area contributed by atoms with E-state index in [9.17, 15) is 4.39 Å². The SMILES string of the molecule is CC(C)CCN1C[C@@H](c2nc(-c3ccc(F)cc3)no2)[C@]2(CCN(C)C2)C1. The number of hydrogen-bond acceptors (Lipinski definition) is 5. The predicted octanol–water partition coefficient (Wildman–Crippen LogP) is 3.64. The average molecular weight is 372 g/mol. The average Bonchev–Trinajstić information content (AvgIpc) is 3.33. The molecule has 2 aliphatic rings. The summed E-state index contributed by atoms with van der Waals surface area (Å²) in [5.41, 5.74) is 0.983. The number of halogens is 1. The molecule has 0 N–H and O–H groups in total. The first-order valence-corrected chi connectivity index (χ1v) is 9.96. The maximum absolute atomic E-state index is 13.2. The van der Waals surface area contributed by atoms with E-state index in [0.717, 1.165) is 44.2 Å². The van der Waals surface area contributed by atoms with Gasteiger partial charge in [-0.25, -0.2) is 4.39 Å². The minimum absolute atomic E-state index is 0.193. The summed E-state index contributed by atoms with van der Waals surface area (Å²) in [5.74, 6) is 1.99. The quantitative estimate of drug-likeness (QED) is 0.802. The van der Waals surface area contributed by atoms with Crippen LogP contribution in [0.4, 0.5) is 4.39 Å². The minimum atomic E-state index is -0.257. The number of likely N-dealkylation sites (tertiary alicyclic amines) is 2. The lowest BCUT2D eigenvalue weighted by Crippen LogP contribution is -2.33. The lowest BCUT2D eigenvalue weighted by Gasteiger charge is -2.28. The molecule has 0 amide bonds. The fourth-order valence-corrected chi connectivity index (χ4v) is 4.64. The molecular formula is C21H29FN4O. The van der Waals surface area contributed by atoms with E-state index in [1.165, 1.54) is 25.0 Å². The highest BCUT2D eigenvalue weighted by Gasteiger charge is 2.52. The maximum Gasteiger partial charge on any atom is 0.232 e. The van der Waals surface area contributed by atoms with E-state index in [2.05, 4.69) is 35.9 Å². The molecule has 4 rings (SSSR count). The van der Waals surface area contributed by atoms with Gasteiger partial charge in [0.2, 0.25) is 11.7 Å². The molecular weight excluding hydrogens is 343 g/mol. The molecule has 1 aromatic carbocycles. The highest BCUT2D eigenvalue weighted by Crippen LogP contribution is 2.48. The van der Waals surface area contributed by atoms with Gasteiger partial charge in [-0.05, 0) is 63.2 Å². The zero-order valence-corrected chi connectivity index (χ0v) is 16.5. The van der Waals surface area contributed by atoms with Crippen LogP contribution in [0.3, 0.4) is 0 Å². The summed E-state index contributed by atoms with van der Waals surface area (Å²) in [6, 6.07) is 6.27. The molecule has 2 saturated heterocycles. The molecule has 146 valence electrons. The van der Waals surface area contributed by atoms with Crippen molar-refractivity contribution in [2.24, 2.45) is 11.3 Å². The fraction of sp³-hybridized carbons (Fsp3) is 0.619. The third kappa shape index (κ3) is 3.78. The first-order chi connectivity index (χ1) is 12.9. The van der Waals surface area contributed by atoms with Crippen LogP contribution >= 0.6 is 0 Å². The number of rotatable bonds is 5. The molecule has 1 aromatic heterocycles. The van der Waals surface area contributed by atoms with Gasteiger partial charge in [0.15, 0.2) is 0 Å². The van der Waals surface area contributed by atoms with Gasteiger partial charge in [0, 0.05) is 30.6 Å². The van der Waals surface area contributed by atoms with Crippen molar-refractivity contribution < 1.29 is 8.91 Å². The van der Waals surface area contributed by atoms with Crippen molar-refractivity contribution in [2.75, 3.05) is 39.8 Å². The van der Waals surface area contributed by atoms with Gasteiger partial charge in [0.05, 0.1) is 5.92 Å². The largest absolute Gasteiger partial charge is 0.339 e. The monoisotopic (exact) mass is 372 g/mol. The summed E-state index contributed by atoms with van der Waals surface area (Å²) >= 11 is 0. The van der Waals surface area contributed by atoms with E-state index < -0.39 is 0 Å². The zero-order chi connectivity index (χ0) is 19.0. The Balaban J connectivity index is 1.57. The van der Waals surface area contributed by atoms with Crippen LogP contribution < -0.4 is 0 Å². The van der Waals surface area contributed by atoms with Crippen LogP contribution in [0.25, 0.3) is 11.4 Å². The van der Waals surface area contributed by atoms with Crippen molar-refractivity contribution in [1.82, 2.24) is 19.9 Å². The van der Waals surface area contributed by atoms with Crippen molar-refractivity contribution in [3.05, 3.63) is 36.0 Å². The zero-order valence-electron chi connectivity index (χ0n) is 16.5. The van der Waals surface area contributed by atoms with E-state index in [0.29, 0.717) is 11.7 Å². The molecule has 0 radical (unpaired) electrons. The first kappa shape index (κ1) is 18.6.